The largest absolute Gasteiger partial charge is 0.388 e. The Kier molecular flexibility index (Phi) is 6.05. The van der Waals surface area contributed by atoms with Gasteiger partial charge in [-0.15, -0.1) is 0 Å². The van der Waals surface area contributed by atoms with Gasteiger partial charge >= 0.3 is 0 Å². The molecule has 104 valence electrons. The van der Waals surface area contributed by atoms with Crippen molar-refractivity contribution in [1.82, 2.24) is 4.98 Å². The Balaban J connectivity index is 2.94. The molecule has 0 fully saturated rings. The van der Waals surface area contributed by atoms with E-state index in [2.05, 4.69) is 23.7 Å². The lowest BCUT2D eigenvalue weighted by atomic mass is 10.2. The number of rotatable bonds is 7. The molecule has 1 heterocycles. The highest BCUT2D eigenvalue weighted by molar-refractivity contribution is 7.15. The summed E-state index contributed by atoms with van der Waals surface area (Å²) in [6, 6.07) is 0.424. The summed E-state index contributed by atoms with van der Waals surface area (Å²) in [4.78, 5) is 7.79. The van der Waals surface area contributed by atoms with Crippen molar-refractivity contribution in [3.05, 3.63) is 10.6 Å². The monoisotopic (exact) mass is 272 g/mol. The van der Waals surface area contributed by atoms with Crippen molar-refractivity contribution >= 4 is 16.5 Å². The lowest BCUT2D eigenvalue weighted by Crippen LogP contribution is -2.35. The second kappa shape index (κ2) is 7.07. The van der Waals surface area contributed by atoms with Crippen LogP contribution in [0.5, 0.6) is 0 Å². The minimum Gasteiger partial charge on any atom is -0.388 e. The zero-order chi connectivity index (χ0) is 13.7. The molecule has 0 aliphatic heterocycles. The van der Waals surface area contributed by atoms with Crippen molar-refractivity contribution < 1.29 is 9.84 Å². The van der Waals surface area contributed by atoms with Crippen LogP contribution < -0.4 is 4.90 Å². The van der Waals surface area contributed by atoms with Crippen molar-refractivity contribution in [2.24, 2.45) is 0 Å². The van der Waals surface area contributed by atoms with Gasteiger partial charge in [-0.2, -0.15) is 0 Å². The van der Waals surface area contributed by atoms with E-state index in [1.54, 1.807) is 25.4 Å². The number of thiazole rings is 1. The number of aryl methyl sites for hydroxylation is 1. The van der Waals surface area contributed by atoms with Gasteiger partial charge in [0, 0.05) is 19.7 Å². The van der Waals surface area contributed by atoms with E-state index in [0.717, 1.165) is 28.7 Å². The second-order valence-corrected chi connectivity index (χ2v) is 5.57. The minimum absolute atomic E-state index is 0.424. The smallest absolute Gasteiger partial charge is 0.186 e. The second-order valence-electron chi connectivity index (χ2n) is 4.57. The van der Waals surface area contributed by atoms with Crippen molar-refractivity contribution in [3.8, 4) is 0 Å². The topological polar surface area (TPSA) is 45.6 Å². The van der Waals surface area contributed by atoms with Gasteiger partial charge in [0.1, 0.15) is 0 Å². The SMILES string of the molecule is CCC(C)N(CCOC)c1nc(C)c(C(C)O)s1. The van der Waals surface area contributed by atoms with Crippen LogP contribution >= 0.6 is 11.3 Å². The molecule has 0 aliphatic rings. The Morgan fingerprint density at radius 3 is 2.56 bits per heavy atom. The van der Waals surface area contributed by atoms with Crippen LogP contribution in [0.25, 0.3) is 0 Å². The summed E-state index contributed by atoms with van der Waals surface area (Å²) < 4.78 is 5.16. The molecule has 4 nitrogen and oxygen atoms in total. The molecule has 2 atom stereocenters. The van der Waals surface area contributed by atoms with Gasteiger partial charge in [-0.25, -0.2) is 4.98 Å². The molecule has 1 N–H and O–H groups in total. The number of hydrogen-bond acceptors (Lipinski definition) is 5. The third kappa shape index (κ3) is 3.67. The zero-order valence-corrected chi connectivity index (χ0v) is 12.8. The highest BCUT2D eigenvalue weighted by atomic mass is 32.1. The molecule has 0 radical (unpaired) electrons. The molecule has 2 unspecified atom stereocenters. The average molecular weight is 272 g/mol. The fourth-order valence-electron chi connectivity index (χ4n) is 1.82. The Morgan fingerprint density at radius 2 is 2.11 bits per heavy atom. The summed E-state index contributed by atoms with van der Waals surface area (Å²) >= 11 is 1.58. The molecule has 5 heteroatoms. The summed E-state index contributed by atoms with van der Waals surface area (Å²) in [5.41, 5.74) is 0.927. The Morgan fingerprint density at radius 1 is 1.44 bits per heavy atom. The fourth-order valence-corrected chi connectivity index (χ4v) is 2.95. The molecule has 0 aromatic carbocycles. The molecule has 0 spiro atoms. The van der Waals surface area contributed by atoms with Gasteiger partial charge in [0.15, 0.2) is 5.13 Å². The summed E-state index contributed by atoms with van der Waals surface area (Å²) in [6.45, 7) is 9.61. The van der Waals surface area contributed by atoms with E-state index in [0.29, 0.717) is 12.6 Å². The Bertz CT molecular complexity index is 366. The maximum Gasteiger partial charge on any atom is 0.186 e. The van der Waals surface area contributed by atoms with Gasteiger partial charge < -0.3 is 14.7 Å². The predicted molar refractivity (Wildman–Crippen MR) is 76.5 cm³/mol. The van der Waals surface area contributed by atoms with Gasteiger partial charge in [-0.3, -0.25) is 0 Å². The minimum atomic E-state index is -0.447. The van der Waals surface area contributed by atoms with Gasteiger partial charge in [0.2, 0.25) is 0 Å². The van der Waals surface area contributed by atoms with Gasteiger partial charge in [-0.05, 0) is 27.2 Å². The molecule has 1 aromatic rings. The summed E-state index contributed by atoms with van der Waals surface area (Å²) in [5.74, 6) is 0. The Labute approximate surface area is 114 Å². The van der Waals surface area contributed by atoms with Crippen LogP contribution in [0, 0.1) is 6.92 Å². The maximum absolute atomic E-state index is 9.70. The van der Waals surface area contributed by atoms with Crippen molar-refractivity contribution in [3.63, 3.8) is 0 Å². The van der Waals surface area contributed by atoms with Crippen LogP contribution in [0.2, 0.25) is 0 Å². The molecule has 0 saturated carbocycles. The van der Waals surface area contributed by atoms with E-state index in [4.69, 9.17) is 4.74 Å². The van der Waals surface area contributed by atoms with Gasteiger partial charge in [0.25, 0.3) is 0 Å². The molecule has 1 aromatic heterocycles. The summed E-state index contributed by atoms with van der Waals surface area (Å²) in [7, 11) is 1.71. The van der Waals surface area contributed by atoms with Crippen LogP contribution in [0.4, 0.5) is 5.13 Å². The van der Waals surface area contributed by atoms with Gasteiger partial charge in [0.05, 0.1) is 23.3 Å². The molecule has 0 saturated heterocycles. The molecule has 0 amide bonds. The summed E-state index contributed by atoms with van der Waals surface area (Å²) in [6.07, 6.45) is 0.615. The number of anilines is 1. The number of methoxy groups -OCH3 is 1. The standard InChI is InChI=1S/C13H24N2O2S/c1-6-9(2)15(7-8-17-5)13-14-10(3)12(18-13)11(4)16/h9,11,16H,6-8H2,1-5H3. The van der Waals surface area contributed by atoms with Crippen molar-refractivity contribution in [2.45, 2.75) is 46.3 Å². The average Bonchev–Trinajstić information content (AvgIpc) is 2.71. The lowest BCUT2D eigenvalue weighted by molar-refractivity contribution is 0.202. The molecule has 0 aliphatic carbocycles. The quantitative estimate of drug-likeness (QED) is 0.829. The summed E-state index contributed by atoms with van der Waals surface area (Å²) in [5, 5.41) is 10.7. The number of hydrogen-bond donors (Lipinski definition) is 1. The van der Waals surface area contributed by atoms with Crippen LogP contribution in [-0.4, -0.2) is 36.4 Å². The van der Waals surface area contributed by atoms with Crippen molar-refractivity contribution in [2.75, 3.05) is 25.2 Å². The molecular formula is C13H24N2O2S. The van der Waals surface area contributed by atoms with E-state index >= 15 is 0 Å². The first-order chi connectivity index (χ1) is 8.51. The molecule has 18 heavy (non-hydrogen) atoms. The Hall–Kier alpha value is -0.650. The van der Waals surface area contributed by atoms with Crippen LogP contribution in [-0.2, 0) is 4.74 Å². The molecular weight excluding hydrogens is 248 g/mol. The van der Waals surface area contributed by atoms with E-state index in [-0.39, 0.29) is 0 Å². The normalized spacial score (nSPS) is 14.6. The highest BCUT2D eigenvalue weighted by Crippen LogP contribution is 2.31. The first-order valence-electron chi connectivity index (χ1n) is 6.42. The fraction of sp³-hybridized carbons (Fsp3) is 0.769. The predicted octanol–water partition coefficient (Wildman–Crippen LogP) is 2.76. The lowest BCUT2D eigenvalue weighted by Gasteiger charge is -2.27. The van der Waals surface area contributed by atoms with Crippen LogP contribution in [0.3, 0.4) is 0 Å². The van der Waals surface area contributed by atoms with E-state index in [1.165, 1.54) is 0 Å². The van der Waals surface area contributed by atoms with Crippen molar-refractivity contribution in [1.29, 1.82) is 0 Å². The zero-order valence-electron chi connectivity index (χ0n) is 11.9. The van der Waals surface area contributed by atoms with Crippen LogP contribution in [0.1, 0.15) is 43.9 Å². The van der Waals surface area contributed by atoms with Gasteiger partial charge in [-0.1, -0.05) is 18.3 Å². The number of aromatic nitrogens is 1. The number of nitrogens with zero attached hydrogens (tertiary/aromatic N) is 2. The molecule has 1 rings (SSSR count). The highest BCUT2D eigenvalue weighted by Gasteiger charge is 2.19. The third-order valence-corrected chi connectivity index (χ3v) is 4.47. The maximum atomic E-state index is 9.70. The number of aliphatic hydroxyl groups excluding tert-OH is 1. The first-order valence-corrected chi connectivity index (χ1v) is 7.23. The van der Waals surface area contributed by atoms with E-state index < -0.39 is 6.10 Å². The van der Waals surface area contributed by atoms with E-state index in [1.807, 2.05) is 6.92 Å². The van der Waals surface area contributed by atoms with E-state index in [9.17, 15) is 5.11 Å². The third-order valence-electron chi connectivity index (χ3n) is 3.11. The first kappa shape index (κ1) is 15.4. The van der Waals surface area contributed by atoms with Crippen LogP contribution in [0.15, 0.2) is 0 Å². The molecule has 0 bridgehead atoms. The number of ether oxygens (including phenoxy) is 1. The number of aliphatic hydroxyl groups is 1.